The van der Waals surface area contributed by atoms with Gasteiger partial charge in [0.05, 0.1) is 15.9 Å². The van der Waals surface area contributed by atoms with Crippen LogP contribution in [0.15, 0.2) is 4.47 Å². The lowest BCUT2D eigenvalue weighted by Gasteiger charge is -2.34. The zero-order valence-electron chi connectivity index (χ0n) is 12.7. The molecule has 0 aliphatic carbocycles. The van der Waals surface area contributed by atoms with Gasteiger partial charge in [0.25, 0.3) is 0 Å². The first-order valence-electron chi connectivity index (χ1n) is 7.14. The van der Waals surface area contributed by atoms with Gasteiger partial charge in [0, 0.05) is 37.4 Å². The maximum Gasteiger partial charge on any atom is 0.166 e. The molecular weight excluding hydrogens is 374 g/mol. The van der Waals surface area contributed by atoms with Crippen molar-refractivity contribution in [2.75, 3.05) is 23.8 Å². The Morgan fingerprint density at radius 3 is 2.71 bits per heavy atom. The summed E-state index contributed by atoms with van der Waals surface area (Å²) in [5.41, 5.74) is 2.07. The molecule has 1 saturated heterocycles. The van der Waals surface area contributed by atoms with Gasteiger partial charge < -0.3 is 0 Å². The minimum absolute atomic E-state index is 0.196. The highest BCUT2D eigenvalue weighted by Gasteiger charge is 2.33. The summed E-state index contributed by atoms with van der Waals surface area (Å²) >= 11 is 5.33. The van der Waals surface area contributed by atoms with Crippen molar-refractivity contribution in [2.45, 2.75) is 32.2 Å². The van der Waals surface area contributed by atoms with Gasteiger partial charge in [-0.1, -0.05) is 13.8 Å². The molecule has 1 fully saturated rings. The van der Waals surface area contributed by atoms with Crippen LogP contribution < -0.4 is 0 Å². The number of hydrogen-bond acceptors (Lipinski definition) is 5. The Balaban J connectivity index is 2.26. The first-order chi connectivity index (χ1) is 9.90. The van der Waals surface area contributed by atoms with Gasteiger partial charge in [-0.05, 0) is 22.4 Å². The van der Waals surface area contributed by atoms with Crippen molar-refractivity contribution in [3.63, 3.8) is 0 Å². The third-order valence-corrected chi connectivity index (χ3v) is 8.11. The Labute approximate surface area is 139 Å². The summed E-state index contributed by atoms with van der Waals surface area (Å²) in [6, 6.07) is 0. The van der Waals surface area contributed by atoms with E-state index in [4.69, 9.17) is 0 Å². The van der Waals surface area contributed by atoms with Crippen molar-refractivity contribution in [1.29, 1.82) is 0 Å². The number of aryl methyl sites for hydroxylation is 2. The molecule has 0 bridgehead atoms. The zero-order valence-corrected chi connectivity index (χ0v) is 15.9. The van der Waals surface area contributed by atoms with E-state index in [0.717, 1.165) is 34.6 Å². The second kappa shape index (κ2) is 7.02. The van der Waals surface area contributed by atoms with E-state index in [9.17, 15) is 8.42 Å². The molecule has 120 valence electrons. The van der Waals surface area contributed by atoms with Crippen molar-refractivity contribution >= 4 is 37.5 Å². The van der Waals surface area contributed by atoms with Gasteiger partial charge >= 0.3 is 0 Å². The predicted octanol–water partition coefficient (Wildman–Crippen LogP) is 2.05. The van der Waals surface area contributed by atoms with E-state index in [1.807, 2.05) is 11.7 Å². The van der Waals surface area contributed by atoms with E-state index in [2.05, 4.69) is 32.9 Å². The number of sulfone groups is 1. The fourth-order valence-electron chi connectivity index (χ4n) is 2.50. The Morgan fingerprint density at radius 2 is 2.14 bits per heavy atom. The average molecular weight is 396 g/mol. The minimum Gasteiger partial charge on any atom is -0.280 e. The summed E-state index contributed by atoms with van der Waals surface area (Å²) in [5.74, 6) is 1.83. The summed E-state index contributed by atoms with van der Waals surface area (Å²) in [6.45, 7) is 5.21. The van der Waals surface area contributed by atoms with Crippen molar-refractivity contribution in [3.05, 3.63) is 15.9 Å². The van der Waals surface area contributed by atoms with Crippen molar-refractivity contribution < 1.29 is 8.42 Å². The molecule has 1 aromatic rings. The predicted molar refractivity (Wildman–Crippen MR) is 91.3 cm³/mol. The fourth-order valence-corrected chi connectivity index (χ4v) is 6.32. The van der Waals surface area contributed by atoms with Gasteiger partial charge in [0.1, 0.15) is 5.37 Å². The summed E-state index contributed by atoms with van der Waals surface area (Å²) in [4.78, 5) is 2.08. The number of rotatable bonds is 5. The molecule has 1 unspecified atom stereocenters. The van der Waals surface area contributed by atoms with Crippen LogP contribution in [0.4, 0.5) is 0 Å². The highest BCUT2D eigenvalue weighted by Crippen LogP contribution is 2.27. The molecule has 0 spiro atoms. The SMILES string of the molecule is CCc1nn(C)c(CN2CCSCC2S(=O)(=O)CC)c1Br. The van der Waals surface area contributed by atoms with Gasteiger partial charge in [-0.3, -0.25) is 9.58 Å². The number of halogens is 1. The molecule has 1 atom stereocenters. The molecule has 0 radical (unpaired) electrons. The van der Waals surface area contributed by atoms with Gasteiger partial charge in [-0.2, -0.15) is 16.9 Å². The molecule has 0 saturated carbocycles. The monoisotopic (exact) mass is 395 g/mol. The molecule has 0 aromatic carbocycles. The average Bonchev–Trinajstić information content (AvgIpc) is 2.75. The van der Waals surface area contributed by atoms with Gasteiger partial charge in [0.15, 0.2) is 9.84 Å². The lowest BCUT2D eigenvalue weighted by Crippen LogP contribution is -2.47. The van der Waals surface area contributed by atoms with E-state index in [-0.39, 0.29) is 11.1 Å². The summed E-state index contributed by atoms with van der Waals surface area (Å²) in [5, 5.41) is 4.11. The van der Waals surface area contributed by atoms with Gasteiger partial charge in [-0.25, -0.2) is 8.42 Å². The van der Waals surface area contributed by atoms with E-state index < -0.39 is 9.84 Å². The first-order valence-corrected chi connectivity index (χ1v) is 10.8. The Bertz CT molecular complexity index is 601. The van der Waals surface area contributed by atoms with Crippen molar-refractivity contribution in [1.82, 2.24) is 14.7 Å². The summed E-state index contributed by atoms with van der Waals surface area (Å²) in [6.07, 6.45) is 0.862. The second-order valence-corrected chi connectivity index (χ2v) is 9.53. The smallest absolute Gasteiger partial charge is 0.166 e. The van der Waals surface area contributed by atoms with Crippen LogP contribution in [-0.4, -0.2) is 52.3 Å². The van der Waals surface area contributed by atoms with Crippen molar-refractivity contribution in [3.8, 4) is 0 Å². The molecular formula is C13H22BrN3O2S2. The number of thioether (sulfide) groups is 1. The fraction of sp³-hybridized carbons (Fsp3) is 0.769. The highest BCUT2D eigenvalue weighted by molar-refractivity contribution is 9.10. The van der Waals surface area contributed by atoms with Crippen LogP contribution in [0.2, 0.25) is 0 Å². The van der Waals surface area contributed by atoms with Crippen molar-refractivity contribution in [2.24, 2.45) is 7.05 Å². The van der Waals surface area contributed by atoms with Gasteiger partial charge in [0.2, 0.25) is 0 Å². The lowest BCUT2D eigenvalue weighted by molar-refractivity contribution is 0.254. The molecule has 0 amide bonds. The van der Waals surface area contributed by atoms with E-state index in [1.54, 1.807) is 18.7 Å². The number of aromatic nitrogens is 2. The van der Waals surface area contributed by atoms with E-state index in [1.165, 1.54) is 0 Å². The maximum atomic E-state index is 12.3. The number of nitrogens with zero attached hydrogens (tertiary/aromatic N) is 3. The normalized spacial score (nSPS) is 20.9. The van der Waals surface area contributed by atoms with E-state index >= 15 is 0 Å². The van der Waals surface area contributed by atoms with E-state index in [0.29, 0.717) is 12.3 Å². The van der Waals surface area contributed by atoms with Crippen LogP contribution in [0.5, 0.6) is 0 Å². The third-order valence-electron chi connectivity index (χ3n) is 3.86. The Morgan fingerprint density at radius 1 is 1.43 bits per heavy atom. The third kappa shape index (κ3) is 3.65. The molecule has 21 heavy (non-hydrogen) atoms. The van der Waals surface area contributed by atoms with Crippen LogP contribution in [-0.2, 0) is 29.9 Å². The lowest BCUT2D eigenvalue weighted by atomic mass is 10.3. The maximum absolute atomic E-state index is 12.3. The molecule has 0 N–H and O–H groups in total. The molecule has 1 aliphatic heterocycles. The standard InChI is InChI=1S/C13H22BrN3O2S2/c1-4-10-13(14)11(16(3)15-10)8-17-6-7-20-9-12(17)21(18,19)5-2/h12H,4-9H2,1-3H3. The Hall–Kier alpha value is -0.0500. The molecule has 1 aliphatic rings. The largest absolute Gasteiger partial charge is 0.280 e. The molecule has 1 aromatic heterocycles. The minimum atomic E-state index is -3.05. The van der Waals surface area contributed by atoms with Gasteiger partial charge in [-0.15, -0.1) is 0 Å². The molecule has 2 heterocycles. The van der Waals surface area contributed by atoms with Crippen LogP contribution in [0.25, 0.3) is 0 Å². The quantitative estimate of drug-likeness (QED) is 0.763. The number of hydrogen-bond donors (Lipinski definition) is 0. The van der Waals surface area contributed by atoms with Crippen LogP contribution in [0.3, 0.4) is 0 Å². The topological polar surface area (TPSA) is 55.2 Å². The van der Waals surface area contributed by atoms with Crippen LogP contribution in [0, 0.1) is 0 Å². The summed E-state index contributed by atoms with van der Waals surface area (Å²) in [7, 11) is -1.14. The van der Waals surface area contributed by atoms with Crippen LogP contribution >= 0.6 is 27.7 Å². The second-order valence-electron chi connectivity index (χ2n) is 5.14. The molecule has 5 nitrogen and oxygen atoms in total. The molecule has 2 rings (SSSR count). The highest BCUT2D eigenvalue weighted by atomic mass is 79.9. The first kappa shape index (κ1) is 17.3. The zero-order chi connectivity index (χ0) is 15.6. The Kier molecular flexibility index (Phi) is 5.78. The molecule has 8 heteroatoms. The van der Waals surface area contributed by atoms with Crippen LogP contribution in [0.1, 0.15) is 25.2 Å². The summed E-state index contributed by atoms with van der Waals surface area (Å²) < 4.78 is 27.5.